The van der Waals surface area contributed by atoms with Crippen LogP contribution in [0.4, 0.5) is 4.39 Å². The Hall–Kier alpha value is -2.36. The summed E-state index contributed by atoms with van der Waals surface area (Å²) in [6.07, 6.45) is 0.607. The number of halogens is 1. The molecule has 1 aromatic heterocycles. The number of hydrogen-bond donors (Lipinski definition) is 2. The highest BCUT2D eigenvalue weighted by Crippen LogP contribution is 2.18. The molecule has 0 spiro atoms. The smallest absolute Gasteiger partial charge is 0.123 e. The number of imidazole rings is 1. The van der Waals surface area contributed by atoms with E-state index < -0.39 is 0 Å². The summed E-state index contributed by atoms with van der Waals surface area (Å²) in [5.41, 5.74) is 2.59. The van der Waals surface area contributed by atoms with Crippen molar-refractivity contribution in [2.75, 3.05) is 0 Å². The average Bonchev–Trinajstić information content (AvgIpc) is 2.73. The maximum atomic E-state index is 12.8. The molecule has 0 unspecified atom stereocenters. The molecule has 1 heterocycles. The van der Waals surface area contributed by atoms with Crippen molar-refractivity contribution in [3.8, 4) is 5.75 Å². The second-order valence-electron chi connectivity index (χ2n) is 4.19. The van der Waals surface area contributed by atoms with Crippen LogP contribution in [0.5, 0.6) is 5.75 Å². The third-order valence-electron chi connectivity index (χ3n) is 2.80. The average molecular weight is 242 g/mol. The number of phenolic OH excluding ortho intramolecular Hbond substituents is 1. The molecule has 0 aliphatic rings. The minimum atomic E-state index is -0.242. The van der Waals surface area contributed by atoms with Crippen LogP contribution < -0.4 is 0 Å². The van der Waals surface area contributed by atoms with Crippen LogP contribution in [0.15, 0.2) is 42.5 Å². The predicted molar refractivity (Wildman–Crippen MR) is 67.0 cm³/mol. The third-order valence-corrected chi connectivity index (χ3v) is 2.80. The van der Waals surface area contributed by atoms with Gasteiger partial charge in [0, 0.05) is 12.5 Å². The molecule has 90 valence electrons. The zero-order valence-corrected chi connectivity index (χ0v) is 9.52. The molecule has 0 saturated carbocycles. The SMILES string of the molecule is Oc1ccc2nc(Cc3ccc(F)cc3)[nH]c2c1. The number of hydrogen-bond acceptors (Lipinski definition) is 2. The van der Waals surface area contributed by atoms with Gasteiger partial charge >= 0.3 is 0 Å². The Morgan fingerprint density at radius 3 is 2.67 bits per heavy atom. The summed E-state index contributed by atoms with van der Waals surface area (Å²) < 4.78 is 12.8. The van der Waals surface area contributed by atoms with Gasteiger partial charge in [0.1, 0.15) is 17.4 Å². The van der Waals surface area contributed by atoms with Crippen molar-refractivity contribution >= 4 is 11.0 Å². The number of aromatic amines is 1. The van der Waals surface area contributed by atoms with Gasteiger partial charge in [0.15, 0.2) is 0 Å². The van der Waals surface area contributed by atoms with Crippen molar-refractivity contribution in [3.05, 3.63) is 59.7 Å². The lowest BCUT2D eigenvalue weighted by Gasteiger charge is -1.97. The van der Waals surface area contributed by atoms with Crippen molar-refractivity contribution in [3.63, 3.8) is 0 Å². The molecule has 0 radical (unpaired) electrons. The fourth-order valence-electron chi connectivity index (χ4n) is 1.93. The molecule has 4 heteroatoms. The van der Waals surface area contributed by atoms with E-state index in [1.54, 1.807) is 30.3 Å². The quantitative estimate of drug-likeness (QED) is 0.725. The lowest BCUT2D eigenvalue weighted by atomic mass is 10.1. The van der Waals surface area contributed by atoms with Gasteiger partial charge in [-0.05, 0) is 29.8 Å². The highest BCUT2D eigenvalue weighted by molar-refractivity contribution is 5.76. The van der Waals surface area contributed by atoms with E-state index >= 15 is 0 Å². The van der Waals surface area contributed by atoms with E-state index in [2.05, 4.69) is 9.97 Å². The molecule has 0 atom stereocenters. The molecule has 0 bridgehead atoms. The third kappa shape index (κ3) is 2.05. The Morgan fingerprint density at radius 2 is 1.89 bits per heavy atom. The van der Waals surface area contributed by atoms with E-state index in [1.807, 2.05) is 0 Å². The van der Waals surface area contributed by atoms with Crippen molar-refractivity contribution in [1.29, 1.82) is 0 Å². The molecular weight excluding hydrogens is 231 g/mol. The molecule has 18 heavy (non-hydrogen) atoms. The van der Waals surface area contributed by atoms with Crippen LogP contribution in [-0.4, -0.2) is 15.1 Å². The lowest BCUT2D eigenvalue weighted by molar-refractivity contribution is 0.476. The molecule has 0 amide bonds. The summed E-state index contributed by atoms with van der Waals surface area (Å²) in [6, 6.07) is 11.3. The largest absolute Gasteiger partial charge is 0.508 e. The van der Waals surface area contributed by atoms with Gasteiger partial charge in [0.05, 0.1) is 11.0 Å². The Bertz CT molecular complexity index is 689. The number of nitrogens with one attached hydrogen (secondary N) is 1. The summed E-state index contributed by atoms with van der Waals surface area (Å²) >= 11 is 0. The minimum Gasteiger partial charge on any atom is -0.508 e. The number of aromatic nitrogens is 2. The van der Waals surface area contributed by atoms with Crippen molar-refractivity contribution < 1.29 is 9.50 Å². The molecule has 3 aromatic rings. The summed E-state index contributed by atoms with van der Waals surface area (Å²) in [5.74, 6) is 0.759. The van der Waals surface area contributed by atoms with Crippen LogP contribution in [0.25, 0.3) is 11.0 Å². The van der Waals surface area contributed by atoms with Crippen molar-refractivity contribution in [1.82, 2.24) is 9.97 Å². The van der Waals surface area contributed by atoms with Crippen LogP contribution in [0.3, 0.4) is 0 Å². The Kier molecular flexibility index (Phi) is 2.48. The first-order chi connectivity index (χ1) is 8.70. The Balaban J connectivity index is 1.92. The van der Waals surface area contributed by atoms with Gasteiger partial charge in [-0.25, -0.2) is 9.37 Å². The maximum Gasteiger partial charge on any atom is 0.123 e. The van der Waals surface area contributed by atoms with Gasteiger partial charge in [0.25, 0.3) is 0 Å². The number of rotatable bonds is 2. The van der Waals surface area contributed by atoms with E-state index in [0.29, 0.717) is 6.42 Å². The van der Waals surface area contributed by atoms with Gasteiger partial charge < -0.3 is 10.1 Å². The topological polar surface area (TPSA) is 48.9 Å². The first-order valence-electron chi connectivity index (χ1n) is 5.63. The molecule has 3 nitrogen and oxygen atoms in total. The number of benzene rings is 2. The molecule has 2 N–H and O–H groups in total. The van der Waals surface area contributed by atoms with Gasteiger partial charge in [0.2, 0.25) is 0 Å². The minimum absolute atomic E-state index is 0.208. The van der Waals surface area contributed by atoms with Gasteiger partial charge in [-0.3, -0.25) is 0 Å². The number of H-pyrrole nitrogens is 1. The monoisotopic (exact) mass is 242 g/mol. The lowest BCUT2D eigenvalue weighted by Crippen LogP contribution is -1.90. The van der Waals surface area contributed by atoms with Crippen LogP contribution in [-0.2, 0) is 6.42 Å². The molecule has 0 fully saturated rings. The summed E-state index contributed by atoms with van der Waals surface area (Å²) in [4.78, 5) is 7.55. The number of aromatic hydroxyl groups is 1. The standard InChI is InChI=1S/C14H11FN2O/c15-10-3-1-9(2-4-10)7-14-16-12-6-5-11(18)8-13(12)17-14/h1-6,8,18H,7H2,(H,16,17). The Labute approximate surface area is 103 Å². The van der Waals surface area contributed by atoms with Gasteiger partial charge in [-0.2, -0.15) is 0 Å². The molecule has 0 aliphatic carbocycles. The number of phenols is 1. The molecule has 2 aromatic carbocycles. The molecule has 0 aliphatic heterocycles. The highest BCUT2D eigenvalue weighted by atomic mass is 19.1. The van der Waals surface area contributed by atoms with Crippen LogP contribution in [0, 0.1) is 5.82 Å². The summed E-state index contributed by atoms with van der Waals surface area (Å²) in [6.45, 7) is 0. The molecule has 3 rings (SSSR count). The van der Waals surface area contributed by atoms with E-state index in [4.69, 9.17) is 0 Å². The number of fused-ring (bicyclic) bond motifs is 1. The van der Waals surface area contributed by atoms with E-state index in [1.165, 1.54) is 12.1 Å². The van der Waals surface area contributed by atoms with Crippen LogP contribution in [0.1, 0.15) is 11.4 Å². The van der Waals surface area contributed by atoms with Crippen LogP contribution in [0.2, 0.25) is 0 Å². The van der Waals surface area contributed by atoms with Crippen molar-refractivity contribution in [2.24, 2.45) is 0 Å². The number of nitrogens with zero attached hydrogens (tertiary/aromatic N) is 1. The fourth-order valence-corrected chi connectivity index (χ4v) is 1.93. The van der Waals surface area contributed by atoms with Gasteiger partial charge in [-0.1, -0.05) is 12.1 Å². The highest BCUT2D eigenvalue weighted by Gasteiger charge is 2.04. The molecular formula is C14H11FN2O. The zero-order chi connectivity index (χ0) is 12.5. The second kappa shape index (κ2) is 4.14. The summed E-state index contributed by atoms with van der Waals surface area (Å²) in [5, 5.41) is 9.37. The normalized spacial score (nSPS) is 10.9. The van der Waals surface area contributed by atoms with Gasteiger partial charge in [-0.15, -0.1) is 0 Å². The fraction of sp³-hybridized carbons (Fsp3) is 0.0714. The van der Waals surface area contributed by atoms with Crippen molar-refractivity contribution in [2.45, 2.75) is 6.42 Å². The zero-order valence-electron chi connectivity index (χ0n) is 9.52. The first kappa shape index (κ1) is 10.8. The van der Waals surface area contributed by atoms with E-state index in [-0.39, 0.29) is 11.6 Å². The Morgan fingerprint density at radius 1 is 1.11 bits per heavy atom. The maximum absolute atomic E-state index is 12.8. The van der Waals surface area contributed by atoms with E-state index in [0.717, 1.165) is 22.4 Å². The summed E-state index contributed by atoms with van der Waals surface area (Å²) in [7, 11) is 0. The second-order valence-corrected chi connectivity index (χ2v) is 4.19. The molecule has 0 saturated heterocycles. The first-order valence-corrected chi connectivity index (χ1v) is 5.63. The van der Waals surface area contributed by atoms with E-state index in [9.17, 15) is 9.50 Å². The van der Waals surface area contributed by atoms with Crippen LogP contribution >= 0.6 is 0 Å². The predicted octanol–water partition coefficient (Wildman–Crippen LogP) is 3.00.